The first kappa shape index (κ1) is 13.7. The number of likely N-dealkylation sites (N-methyl/N-ethyl adjacent to an activating group) is 1. The normalized spacial score (nSPS) is 14.9. The average Bonchev–Trinajstić information content (AvgIpc) is 2.90. The van der Waals surface area contributed by atoms with E-state index in [1.165, 1.54) is 4.88 Å². The van der Waals surface area contributed by atoms with Crippen LogP contribution in [0.2, 0.25) is 0 Å². The van der Waals surface area contributed by atoms with Crippen molar-refractivity contribution in [3.05, 3.63) is 38.5 Å². The molecule has 0 fully saturated rings. The zero-order chi connectivity index (χ0) is 13.1. The Labute approximate surface area is 116 Å². The molecule has 18 heavy (non-hydrogen) atoms. The van der Waals surface area contributed by atoms with E-state index in [0.717, 1.165) is 17.2 Å². The second-order valence-electron chi connectivity index (χ2n) is 4.59. The summed E-state index contributed by atoms with van der Waals surface area (Å²) < 4.78 is 0. The molecule has 3 nitrogen and oxygen atoms in total. The van der Waals surface area contributed by atoms with Crippen LogP contribution in [0.1, 0.15) is 28.5 Å². The fourth-order valence-electron chi connectivity index (χ4n) is 2.17. The highest BCUT2D eigenvalue weighted by Crippen LogP contribution is 2.27. The number of rotatable bonds is 5. The third-order valence-electron chi connectivity index (χ3n) is 2.89. The Morgan fingerprint density at radius 2 is 2.22 bits per heavy atom. The van der Waals surface area contributed by atoms with Crippen molar-refractivity contribution >= 4 is 22.7 Å². The van der Waals surface area contributed by atoms with Gasteiger partial charge in [0.25, 0.3) is 0 Å². The van der Waals surface area contributed by atoms with Gasteiger partial charge in [0.15, 0.2) is 0 Å². The Kier molecular flexibility index (Phi) is 4.50. The van der Waals surface area contributed by atoms with E-state index in [0.29, 0.717) is 0 Å². The van der Waals surface area contributed by atoms with Crippen molar-refractivity contribution in [3.8, 4) is 0 Å². The lowest BCUT2D eigenvalue weighted by molar-refractivity contribution is 0.212. The Hall–Kier alpha value is -0.750. The summed E-state index contributed by atoms with van der Waals surface area (Å²) in [5.74, 6) is 0. The molecule has 0 aliphatic heterocycles. The molecule has 0 saturated carbocycles. The highest BCUT2D eigenvalue weighted by atomic mass is 32.1. The molecule has 0 spiro atoms. The minimum atomic E-state index is 0.105. The first-order chi connectivity index (χ1) is 8.58. The predicted octanol–water partition coefficient (Wildman–Crippen LogP) is 3.03. The Bertz CT molecular complexity index is 476. The third kappa shape index (κ3) is 3.17. The van der Waals surface area contributed by atoms with Crippen molar-refractivity contribution in [2.24, 2.45) is 5.73 Å². The summed E-state index contributed by atoms with van der Waals surface area (Å²) in [6, 6.07) is 4.60. The molecular formula is C13H19N3S2. The van der Waals surface area contributed by atoms with Crippen LogP contribution in [0, 0.1) is 6.92 Å². The Balaban J connectivity index is 2.11. The van der Waals surface area contributed by atoms with Gasteiger partial charge in [0, 0.05) is 22.8 Å². The van der Waals surface area contributed by atoms with Crippen LogP contribution in [0.5, 0.6) is 0 Å². The molecule has 0 radical (unpaired) electrons. The van der Waals surface area contributed by atoms with E-state index in [9.17, 15) is 0 Å². The van der Waals surface area contributed by atoms with E-state index in [1.54, 1.807) is 22.7 Å². The van der Waals surface area contributed by atoms with Crippen molar-refractivity contribution in [1.82, 2.24) is 9.88 Å². The van der Waals surface area contributed by atoms with Crippen molar-refractivity contribution in [3.63, 3.8) is 0 Å². The number of thiazole rings is 1. The van der Waals surface area contributed by atoms with Gasteiger partial charge in [-0.05, 0) is 32.3 Å². The molecule has 0 aliphatic carbocycles. The molecule has 0 aromatic carbocycles. The van der Waals surface area contributed by atoms with E-state index in [4.69, 9.17) is 5.73 Å². The monoisotopic (exact) mass is 281 g/mol. The highest BCUT2D eigenvalue weighted by Gasteiger charge is 2.22. The fourth-order valence-corrected chi connectivity index (χ4v) is 3.78. The smallest absolute Gasteiger partial charge is 0.0897 e. The van der Waals surface area contributed by atoms with Crippen LogP contribution in [-0.4, -0.2) is 23.0 Å². The number of hydrogen-bond acceptors (Lipinski definition) is 5. The number of nitrogens with zero attached hydrogens (tertiary/aromatic N) is 2. The molecule has 0 bridgehead atoms. The molecule has 0 aliphatic rings. The maximum atomic E-state index is 6.13. The molecular weight excluding hydrogens is 262 g/mol. The second-order valence-corrected chi connectivity index (χ2v) is 6.63. The number of hydrogen-bond donors (Lipinski definition) is 1. The molecule has 2 aromatic heterocycles. The second kappa shape index (κ2) is 5.93. The van der Waals surface area contributed by atoms with Crippen LogP contribution in [0.4, 0.5) is 0 Å². The van der Waals surface area contributed by atoms with Gasteiger partial charge in [-0.3, -0.25) is 4.90 Å². The molecule has 0 saturated heterocycles. The largest absolute Gasteiger partial charge is 0.326 e. The lowest BCUT2D eigenvalue weighted by atomic mass is 10.1. The summed E-state index contributed by atoms with van der Waals surface area (Å²) in [4.78, 5) is 8.11. The van der Waals surface area contributed by atoms with E-state index in [-0.39, 0.29) is 12.1 Å². The average molecular weight is 281 g/mol. The molecule has 0 amide bonds. The topological polar surface area (TPSA) is 42.2 Å². The quantitative estimate of drug-likeness (QED) is 0.916. The van der Waals surface area contributed by atoms with Crippen LogP contribution in [0.3, 0.4) is 0 Å². The van der Waals surface area contributed by atoms with Crippen molar-refractivity contribution < 1.29 is 0 Å². The summed E-state index contributed by atoms with van der Waals surface area (Å²) in [5.41, 5.74) is 7.26. The molecule has 2 rings (SSSR count). The molecule has 98 valence electrons. The lowest BCUT2D eigenvalue weighted by Crippen LogP contribution is -2.36. The summed E-state index contributed by atoms with van der Waals surface area (Å²) in [7, 11) is 2.11. The van der Waals surface area contributed by atoms with Crippen molar-refractivity contribution in [1.29, 1.82) is 0 Å². The van der Waals surface area contributed by atoms with Gasteiger partial charge >= 0.3 is 0 Å². The van der Waals surface area contributed by atoms with Crippen LogP contribution >= 0.6 is 22.7 Å². The highest BCUT2D eigenvalue weighted by molar-refractivity contribution is 7.10. The summed E-state index contributed by atoms with van der Waals surface area (Å²) in [6.07, 6.45) is 0. The van der Waals surface area contributed by atoms with Crippen LogP contribution < -0.4 is 5.73 Å². The van der Waals surface area contributed by atoms with Crippen LogP contribution in [0.25, 0.3) is 0 Å². The summed E-state index contributed by atoms with van der Waals surface area (Å²) in [5, 5.41) is 5.34. The van der Waals surface area contributed by atoms with E-state index < -0.39 is 0 Å². The van der Waals surface area contributed by atoms with Crippen molar-refractivity contribution in [2.45, 2.75) is 32.5 Å². The Morgan fingerprint density at radius 1 is 1.44 bits per heavy atom. The van der Waals surface area contributed by atoms with Gasteiger partial charge in [-0.2, -0.15) is 0 Å². The molecule has 5 heteroatoms. The van der Waals surface area contributed by atoms with Gasteiger partial charge in [-0.1, -0.05) is 6.07 Å². The zero-order valence-electron chi connectivity index (χ0n) is 11.0. The molecule has 2 aromatic rings. The minimum Gasteiger partial charge on any atom is -0.326 e. The summed E-state index contributed by atoms with van der Waals surface area (Å²) in [6.45, 7) is 4.94. The standard InChI is InChI=1S/C13H19N3S2/c1-9(14)13(12-5-4-6-17-12)16(3)7-11-8-18-10(2)15-11/h4-6,8-9,13H,7,14H2,1-3H3. The zero-order valence-corrected chi connectivity index (χ0v) is 12.6. The third-order valence-corrected chi connectivity index (χ3v) is 4.65. The summed E-state index contributed by atoms with van der Waals surface area (Å²) >= 11 is 3.46. The van der Waals surface area contributed by atoms with Gasteiger partial charge in [0.2, 0.25) is 0 Å². The minimum absolute atomic E-state index is 0.105. The maximum absolute atomic E-state index is 6.13. The lowest BCUT2D eigenvalue weighted by Gasteiger charge is -2.29. The predicted molar refractivity (Wildman–Crippen MR) is 79.0 cm³/mol. The number of nitrogens with two attached hydrogens (primary N) is 1. The first-order valence-electron chi connectivity index (χ1n) is 5.98. The van der Waals surface area contributed by atoms with Gasteiger partial charge in [0.1, 0.15) is 0 Å². The first-order valence-corrected chi connectivity index (χ1v) is 7.74. The number of thiophene rings is 1. The van der Waals surface area contributed by atoms with Gasteiger partial charge in [0.05, 0.1) is 16.7 Å². The van der Waals surface area contributed by atoms with E-state index >= 15 is 0 Å². The van der Waals surface area contributed by atoms with Gasteiger partial charge in [-0.25, -0.2) is 4.98 Å². The van der Waals surface area contributed by atoms with Crippen LogP contribution in [-0.2, 0) is 6.54 Å². The van der Waals surface area contributed by atoms with Crippen molar-refractivity contribution in [2.75, 3.05) is 7.05 Å². The van der Waals surface area contributed by atoms with Gasteiger partial charge in [-0.15, -0.1) is 22.7 Å². The number of aryl methyl sites for hydroxylation is 1. The molecule has 2 unspecified atom stereocenters. The molecule has 2 atom stereocenters. The maximum Gasteiger partial charge on any atom is 0.0897 e. The fraction of sp³-hybridized carbons (Fsp3) is 0.462. The number of aromatic nitrogens is 1. The van der Waals surface area contributed by atoms with E-state index in [2.05, 4.69) is 46.7 Å². The Morgan fingerprint density at radius 3 is 2.72 bits per heavy atom. The molecule has 2 heterocycles. The van der Waals surface area contributed by atoms with Gasteiger partial charge < -0.3 is 5.73 Å². The molecule has 2 N–H and O–H groups in total. The SMILES string of the molecule is Cc1nc(CN(C)C(c2cccs2)C(C)N)cs1. The van der Waals surface area contributed by atoms with E-state index in [1.807, 2.05) is 6.92 Å². The van der Waals surface area contributed by atoms with Crippen LogP contribution in [0.15, 0.2) is 22.9 Å².